The molecule has 2 rings (SSSR count). The molecule has 0 aromatic rings. The lowest BCUT2D eigenvalue weighted by Crippen LogP contribution is -2.12. The summed E-state index contributed by atoms with van der Waals surface area (Å²) in [5, 5.41) is 0. The Bertz CT molecular complexity index is 199. The van der Waals surface area contributed by atoms with Crippen LogP contribution in [-0.2, 0) is 4.74 Å². The number of hydrogen-bond donors (Lipinski definition) is 0. The van der Waals surface area contributed by atoms with Crippen molar-refractivity contribution in [1.29, 1.82) is 0 Å². The molecule has 1 saturated carbocycles. The molecular weight excluding hydrogens is 136 g/mol. The van der Waals surface area contributed by atoms with Gasteiger partial charge in [0, 0.05) is 0 Å². The molecule has 0 N–H and O–H groups in total. The molecule has 1 nitrogen and oxygen atoms in total. The molecule has 0 amide bonds. The highest BCUT2D eigenvalue weighted by molar-refractivity contribution is 5.22. The minimum absolute atomic E-state index is 0.368. The molecule has 0 heterocycles. The zero-order chi connectivity index (χ0) is 7.68. The van der Waals surface area contributed by atoms with Crippen LogP contribution < -0.4 is 0 Å². The fourth-order valence-electron chi connectivity index (χ4n) is 1.35. The molecule has 0 radical (unpaired) electrons. The largest absolute Gasteiger partial charge is 0.371 e. The number of hydrogen-bond acceptors (Lipinski definition) is 1. The molecule has 0 bridgehead atoms. The molecule has 0 aromatic carbocycles. The molecule has 0 spiro atoms. The van der Waals surface area contributed by atoms with E-state index in [0.717, 1.165) is 6.42 Å². The standard InChI is InChI=1S/C10H14O/c1-8-3-2-4-10(7-8)11-9-5-6-9/h2-3,7,9-10H,4-6H2,1H3. The third-order valence-electron chi connectivity index (χ3n) is 2.09. The van der Waals surface area contributed by atoms with Crippen LogP contribution in [0.5, 0.6) is 0 Å². The predicted molar refractivity (Wildman–Crippen MR) is 45.4 cm³/mol. The number of allylic oxidation sites excluding steroid dienone is 2. The van der Waals surface area contributed by atoms with Crippen LogP contribution in [0.3, 0.4) is 0 Å². The Morgan fingerprint density at radius 3 is 2.91 bits per heavy atom. The van der Waals surface area contributed by atoms with E-state index in [4.69, 9.17) is 4.74 Å². The summed E-state index contributed by atoms with van der Waals surface area (Å²) in [5.41, 5.74) is 1.34. The maximum absolute atomic E-state index is 5.75. The van der Waals surface area contributed by atoms with Crippen molar-refractivity contribution in [2.45, 2.75) is 38.4 Å². The molecule has 11 heavy (non-hydrogen) atoms. The first kappa shape index (κ1) is 7.11. The monoisotopic (exact) mass is 150 g/mol. The molecule has 0 aliphatic heterocycles. The van der Waals surface area contributed by atoms with E-state index in [0.29, 0.717) is 12.2 Å². The highest BCUT2D eigenvalue weighted by Gasteiger charge is 2.25. The molecule has 2 aliphatic rings. The first-order valence-electron chi connectivity index (χ1n) is 4.35. The Morgan fingerprint density at radius 1 is 1.45 bits per heavy atom. The summed E-state index contributed by atoms with van der Waals surface area (Å²) in [5.74, 6) is 0. The summed E-state index contributed by atoms with van der Waals surface area (Å²) in [6, 6.07) is 0. The second-order valence-electron chi connectivity index (χ2n) is 3.42. The van der Waals surface area contributed by atoms with Crippen molar-refractivity contribution in [1.82, 2.24) is 0 Å². The summed E-state index contributed by atoms with van der Waals surface area (Å²) in [6.45, 7) is 2.12. The Balaban J connectivity index is 1.89. The predicted octanol–water partition coefficient (Wildman–Crippen LogP) is 2.44. The average Bonchev–Trinajstić information content (AvgIpc) is 2.71. The fourth-order valence-corrected chi connectivity index (χ4v) is 1.35. The van der Waals surface area contributed by atoms with Gasteiger partial charge in [-0.05, 0) is 26.2 Å². The number of rotatable bonds is 2. The van der Waals surface area contributed by atoms with Gasteiger partial charge in [-0.25, -0.2) is 0 Å². The SMILES string of the molecule is CC1=CC(OC2CC2)CC=C1. The van der Waals surface area contributed by atoms with Crippen molar-refractivity contribution in [2.24, 2.45) is 0 Å². The van der Waals surface area contributed by atoms with E-state index in [1.165, 1.54) is 18.4 Å². The molecule has 60 valence electrons. The van der Waals surface area contributed by atoms with Crippen LogP contribution in [0.4, 0.5) is 0 Å². The van der Waals surface area contributed by atoms with E-state index in [-0.39, 0.29) is 0 Å². The molecule has 1 fully saturated rings. The van der Waals surface area contributed by atoms with E-state index in [1.54, 1.807) is 0 Å². The van der Waals surface area contributed by atoms with Gasteiger partial charge in [-0.1, -0.05) is 23.8 Å². The van der Waals surface area contributed by atoms with Gasteiger partial charge in [0.25, 0.3) is 0 Å². The Morgan fingerprint density at radius 2 is 2.27 bits per heavy atom. The van der Waals surface area contributed by atoms with Crippen LogP contribution in [0.2, 0.25) is 0 Å². The van der Waals surface area contributed by atoms with Crippen LogP contribution in [0.15, 0.2) is 23.8 Å². The molecule has 0 saturated heterocycles. The van der Waals surface area contributed by atoms with Crippen LogP contribution >= 0.6 is 0 Å². The van der Waals surface area contributed by atoms with Crippen LogP contribution in [0, 0.1) is 0 Å². The lowest BCUT2D eigenvalue weighted by atomic mass is 10.1. The quantitative estimate of drug-likeness (QED) is 0.587. The van der Waals surface area contributed by atoms with E-state index < -0.39 is 0 Å². The Labute approximate surface area is 67.7 Å². The fraction of sp³-hybridized carbons (Fsp3) is 0.600. The smallest absolute Gasteiger partial charge is 0.0799 e. The maximum Gasteiger partial charge on any atom is 0.0799 e. The van der Waals surface area contributed by atoms with Crippen molar-refractivity contribution >= 4 is 0 Å². The molecule has 1 heteroatoms. The minimum atomic E-state index is 0.368. The second-order valence-corrected chi connectivity index (χ2v) is 3.42. The van der Waals surface area contributed by atoms with E-state index in [2.05, 4.69) is 25.2 Å². The summed E-state index contributed by atoms with van der Waals surface area (Å²) >= 11 is 0. The van der Waals surface area contributed by atoms with Crippen molar-refractivity contribution < 1.29 is 4.74 Å². The third kappa shape index (κ3) is 1.93. The summed E-state index contributed by atoms with van der Waals surface area (Å²) in [4.78, 5) is 0. The second kappa shape index (κ2) is 2.82. The topological polar surface area (TPSA) is 9.23 Å². The lowest BCUT2D eigenvalue weighted by molar-refractivity contribution is 0.0720. The van der Waals surface area contributed by atoms with Gasteiger partial charge in [-0.2, -0.15) is 0 Å². The van der Waals surface area contributed by atoms with Crippen LogP contribution in [0.25, 0.3) is 0 Å². The van der Waals surface area contributed by atoms with Gasteiger partial charge in [0.15, 0.2) is 0 Å². The Hall–Kier alpha value is -0.560. The van der Waals surface area contributed by atoms with E-state index in [9.17, 15) is 0 Å². The zero-order valence-corrected chi connectivity index (χ0v) is 6.92. The first-order chi connectivity index (χ1) is 5.34. The van der Waals surface area contributed by atoms with Gasteiger partial charge < -0.3 is 4.74 Å². The van der Waals surface area contributed by atoms with Gasteiger partial charge in [-0.3, -0.25) is 0 Å². The van der Waals surface area contributed by atoms with Crippen molar-refractivity contribution in [3.63, 3.8) is 0 Å². The van der Waals surface area contributed by atoms with Gasteiger partial charge >= 0.3 is 0 Å². The molecule has 0 aromatic heterocycles. The van der Waals surface area contributed by atoms with Crippen molar-refractivity contribution in [3.8, 4) is 0 Å². The first-order valence-corrected chi connectivity index (χ1v) is 4.35. The zero-order valence-electron chi connectivity index (χ0n) is 6.92. The minimum Gasteiger partial charge on any atom is -0.371 e. The van der Waals surface area contributed by atoms with Gasteiger partial charge in [0.2, 0.25) is 0 Å². The van der Waals surface area contributed by atoms with Gasteiger partial charge in [0.05, 0.1) is 12.2 Å². The van der Waals surface area contributed by atoms with Crippen molar-refractivity contribution in [3.05, 3.63) is 23.8 Å². The Kier molecular flexibility index (Phi) is 1.82. The summed E-state index contributed by atoms with van der Waals surface area (Å²) in [6.07, 6.45) is 11.1. The molecule has 1 unspecified atom stereocenters. The highest BCUT2D eigenvalue weighted by Crippen LogP contribution is 2.27. The maximum atomic E-state index is 5.75. The summed E-state index contributed by atoms with van der Waals surface area (Å²) in [7, 11) is 0. The van der Waals surface area contributed by atoms with E-state index >= 15 is 0 Å². The van der Waals surface area contributed by atoms with Gasteiger partial charge in [0.1, 0.15) is 0 Å². The summed E-state index contributed by atoms with van der Waals surface area (Å²) < 4.78 is 5.75. The van der Waals surface area contributed by atoms with Crippen molar-refractivity contribution in [2.75, 3.05) is 0 Å². The lowest BCUT2D eigenvalue weighted by Gasteiger charge is -2.15. The normalized spacial score (nSPS) is 30.3. The molecular formula is C10H14O. The molecule has 1 atom stereocenters. The average molecular weight is 150 g/mol. The van der Waals surface area contributed by atoms with Gasteiger partial charge in [-0.15, -0.1) is 0 Å². The van der Waals surface area contributed by atoms with Crippen LogP contribution in [-0.4, -0.2) is 12.2 Å². The number of ether oxygens (including phenoxy) is 1. The molecule has 2 aliphatic carbocycles. The van der Waals surface area contributed by atoms with Crippen LogP contribution in [0.1, 0.15) is 26.2 Å². The highest BCUT2D eigenvalue weighted by atomic mass is 16.5. The third-order valence-corrected chi connectivity index (χ3v) is 2.09. The van der Waals surface area contributed by atoms with E-state index in [1.807, 2.05) is 0 Å².